The van der Waals surface area contributed by atoms with E-state index in [1.54, 1.807) is 0 Å². The maximum absolute atomic E-state index is 6.17. The Hall–Kier alpha value is -0.560. The minimum atomic E-state index is 0.370. The van der Waals surface area contributed by atoms with Gasteiger partial charge in [-0.2, -0.15) is 0 Å². The molecule has 1 saturated carbocycles. The summed E-state index contributed by atoms with van der Waals surface area (Å²) >= 11 is 6.17. The van der Waals surface area contributed by atoms with Gasteiger partial charge >= 0.3 is 0 Å². The summed E-state index contributed by atoms with van der Waals surface area (Å²) in [5.41, 5.74) is 2.45. The number of alkyl halides is 1. The zero-order valence-corrected chi connectivity index (χ0v) is 9.30. The Kier molecular flexibility index (Phi) is 3.07. The molecule has 0 bridgehead atoms. The summed E-state index contributed by atoms with van der Waals surface area (Å²) in [5, 5.41) is 0.370. The van der Waals surface area contributed by atoms with Crippen LogP contribution in [0.5, 0.6) is 0 Å². The van der Waals surface area contributed by atoms with Gasteiger partial charge in [0.25, 0.3) is 0 Å². The molecule has 1 nitrogen and oxygen atoms in total. The number of aryl methyl sites for hydroxylation is 1. The van der Waals surface area contributed by atoms with Gasteiger partial charge in [-0.05, 0) is 43.7 Å². The maximum atomic E-state index is 6.17. The maximum Gasteiger partial charge on any atom is 0.0372 e. The highest BCUT2D eigenvalue weighted by Crippen LogP contribution is 2.34. The predicted octanol–water partition coefficient (Wildman–Crippen LogP) is 3.66. The van der Waals surface area contributed by atoms with E-state index < -0.39 is 0 Å². The molecule has 0 N–H and O–H groups in total. The molecule has 0 saturated heterocycles. The summed E-state index contributed by atoms with van der Waals surface area (Å²) < 4.78 is 0. The van der Waals surface area contributed by atoms with Gasteiger partial charge in [0, 0.05) is 17.3 Å². The molecule has 0 aliphatic heterocycles. The molecule has 0 spiro atoms. The second-order valence-electron chi connectivity index (χ2n) is 4.19. The number of halogens is 1. The Labute approximate surface area is 90.5 Å². The third kappa shape index (κ3) is 2.27. The van der Waals surface area contributed by atoms with Crippen LogP contribution in [-0.4, -0.2) is 10.4 Å². The van der Waals surface area contributed by atoms with Gasteiger partial charge in [-0.1, -0.05) is 12.5 Å². The zero-order valence-electron chi connectivity index (χ0n) is 8.54. The van der Waals surface area contributed by atoms with Crippen molar-refractivity contribution in [1.29, 1.82) is 0 Å². The molecule has 0 amide bonds. The number of rotatable bonds is 1. The van der Waals surface area contributed by atoms with Crippen molar-refractivity contribution in [3.8, 4) is 0 Å². The summed E-state index contributed by atoms with van der Waals surface area (Å²) in [6, 6.07) is 4.29. The molecular formula is C12H16ClN. The van der Waals surface area contributed by atoms with Crippen LogP contribution in [0.25, 0.3) is 0 Å². The van der Waals surface area contributed by atoms with Crippen molar-refractivity contribution in [2.75, 3.05) is 0 Å². The first-order valence-corrected chi connectivity index (χ1v) is 5.76. The van der Waals surface area contributed by atoms with E-state index in [1.807, 2.05) is 13.1 Å². The molecule has 1 heterocycles. The number of hydrogen-bond donors (Lipinski definition) is 0. The van der Waals surface area contributed by atoms with Crippen LogP contribution in [-0.2, 0) is 0 Å². The minimum Gasteiger partial charge on any atom is -0.261 e. The molecule has 1 fully saturated rings. The van der Waals surface area contributed by atoms with E-state index in [9.17, 15) is 0 Å². The molecule has 14 heavy (non-hydrogen) atoms. The van der Waals surface area contributed by atoms with E-state index in [4.69, 9.17) is 11.6 Å². The van der Waals surface area contributed by atoms with Crippen molar-refractivity contribution in [2.45, 2.75) is 43.9 Å². The molecule has 76 valence electrons. The van der Waals surface area contributed by atoms with Crippen LogP contribution in [0.15, 0.2) is 18.3 Å². The quantitative estimate of drug-likeness (QED) is 0.644. The molecule has 1 aromatic heterocycles. The molecule has 0 aromatic carbocycles. The molecule has 1 aliphatic carbocycles. The Morgan fingerprint density at radius 2 is 2.21 bits per heavy atom. The number of hydrogen-bond acceptors (Lipinski definition) is 1. The van der Waals surface area contributed by atoms with E-state index in [1.165, 1.54) is 24.8 Å². The van der Waals surface area contributed by atoms with Gasteiger partial charge in [-0.3, -0.25) is 4.98 Å². The highest BCUT2D eigenvalue weighted by Gasteiger charge is 2.21. The van der Waals surface area contributed by atoms with Crippen molar-refractivity contribution < 1.29 is 0 Å². The smallest absolute Gasteiger partial charge is 0.0372 e. The van der Waals surface area contributed by atoms with Crippen LogP contribution < -0.4 is 0 Å². The average Bonchev–Trinajstić information content (AvgIpc) is 2.19. The van der Waals surface area contributed by atoms with Gasteiger partial charge in [0.05, 0.1) is 0 Å². The highest BCUT2D eigenvalue weighted by molar-refractivity contribution is 6.20. The van der Waals surface area contributed by atoms with Crippen LogP contribution in [0.4, 0.5) is 0 Å². The van der Waals surface area contributed by atoms with E-state index >= 15 is 0 Å². The van der Waals surface area contributed by atoms with E-state index in [2.05, 4.69) is 17.1 Å². The van der Waals surface area contributed by atoms with Gasteiger partial charge in [0.1, 0.15) is 0 Å². The fraction of sp³-hybridized carbons (Fsp3) is 0.583. The zero-order chi connectivity index (χ0) is 9.97. The largest absolute Gasteiger partial charge is 0.261 e. The van der Waals surface area contributed by atoms with Gasteiger partial charge in [0.2, 0.25) is 0 Å². The predicted molar refractivity (Wildman–Crippen MR) is 59.8 cm³/mol. The fourth-order valence-electron chi connectivity index (χ4n) is 2.15. The number of pyridine rings is 1. The minimum absolute atomic E-state index is 0.370. The summed E-state index contributed by atoms with van der Waals surface area (Å²) in [7, 11) is 0. The molecule has 2 heteroatoms. The lowest BCUT2D eigenvalue weighted by atomic mass is 9.84. The Morgan fingerprint density at radius 3 is 2.86 bits per heavy atom. The first kappa shape index (κ1) is 9.97. The SMILES string of the molecule is Cc1ccc(C2CCCC(Cl)C2)cn1. The first-order chi connectivity index (χ1) is 6.75. The van der Waals surface area contributed by atoms with Gasteiger partial charge in [-0.25, -0.2) is 0 Å². The Morgan fingerprint density at radius 1 is 1.36 bits per heavy atom. The Balaban J connectivity index is 2.10. The number of aromatic nitrogens is 1. The van der Waals surface area contributed by atoms with Gasteiger partial charge < -0.3 is 0 Å². The van der Waals surface area contributed by atoms with Crippen LogP contribution >= 0.6 is 11.6 Å². The standard InChI is InChI=1S/C12H16ClN/c1-9-5-6-11(8-14-9)10-3-2-4-12(13)7-10/h5-6,8,10,12H,2-4,7H2,1H3. The fourth-order valence-corrected chi connectivity index (χ4v) is 2.52. The average molecular weight is 210 g/mol. The molecule has 2 rings (SSSR count). The molecule has 1 aromatic rings. The van der Waals surface area contributed by atoms with Crippen molar-refractivity contribution in [3.63, 3.8) is 0 Å². The van der Waals surface area contributed by atoms with Crippen LogP contribution in [0.1, 0.15) is 42.9 Å². The summed E-state index contributed by atoms with van der Waals surface area (Å²) in [4.78, 5) is 4.34. The second-order valence-corrected chi connectivity index (χ2v) is 4.81. The normalized spacial score (nSPS) is 27.6. The topological polar surface area (TPSA) is 12.9 Å². The lowest BCUT2D eigenvalue weighted by Crippen LogP contribution is -2.14. The van der Waals surface area contributed by atoms with E-state index in [0.29, 0.717) is 11.3 Å². The summed E-state index contributed by atoms with van der Waals surface area (Å²) in [5.74, 6) is 0.638. The highest BCUT2D eigenvalue weighted by atomic mass is 35.5. The lowest BCUT2D eigenvalue weighted by molar-refractivity contribution is 0.448. The number of nitrogens with zero attached hydrogens (tertiary/aromatic N) is 1. The molecule has 2 atom stereocenters. The van der Waals surface area contributed by atoms with Crippen LogP contribution in [0, 0.1) is 6.92 Å². The molecule has 0 radical (unpaired) electrons. The van der Waals surface area contributed by atoms with E-state index in [0.717, 1.165) is 12.1 Å². The molecule has 2 unspecified atom stereocenters. The van der Waals surface area contributed by atoms with Crippen molar-refractivity contribution in [1.82, 2.24) is 4.98 Å². The first-order valence-electron chi connectivity index (χ1n) is 5.32. The summed E-state index contributed by atoms with van der Waals surface area (Å²) in [6.45, 7) is 2.02. The third-order valence-corrected chi connectivity index (χ3v) is 3.41. The lowest BCUT2D eigenvalue weighted by Gasteiger charge is -2.25. The van der Waals surface area contributed by atoms with Crippen molar-refractivity contribution in [2.24, 2.45) is 0 Å². The second kappa shape index (κ2) is 4.31. The third-order valence-electron chi connectivity index (χ3n) is 3.02. The van der Waals surface area contributed by atoms with Gasteiger partial charge in [0.15, 0.2) is 0 Å². The summed E-state index contributed by atoms with van der Waals surface area (Å²) in [6.07, 6.45) is 6.83. The van der Waals surface area contributed by atoms with Crippen LogP contribution in [0.3, 0.4) is 0 Å². The van der Waals surface area contributed by atoms with Crippen molar-refractivity contribution in [3.05, 3.63) is 29.6 Å². The monoisotopic (exact) mass is 209 g/mol. The van der Waals surface area contributed by atoms with Crippen molar-refractivity contribution >= 4 is 11.6 Å². The van der Waals surface area contributed by atoms with E-state index in [-0.39, 0.29) is 0 Å². The molecule has 1 aliphatic rings. The van der Waals surface area contributed by atoms with Gasteiger partial charge in [-0.15, -0.1) is 11.6 Å². The Bertz CT molecular complexity index is 294. The molecular weight excluding hydrogens is 194 g/mol. The van der Waals surface area contributed by atoms with Crippen LogP contribution in [0.2, 0.25) is 0 Å².